The van der Waals surface area contributed by atoms with Crippen LogP contribution in [-0.4, -0.2) is 30.9 Å². The van der Waals surface area contributed by atoms with E-state index in [0.29, 0.717) is 23.5 Å². The lowest BCUT2D eigenvalue weighted by Gasteiger charge is -2.42. The molecule has 2 rings (SSSR count). The molecule has 4 heteroatoms. The van der Waals surface area contributed by atoms with Gasteiger partial charge in [-0.25, -0.2) is 0 Å². The van der Waals surface area contributed by atoms with Crippen LogP contribution < -0.4 is 4.90 Å². The van der Waals surface area contributed by atoms with E-state index in [1.165, 1.54) is 13.8 Å². The van der Waals surface area contributed by atoms with E-state index in [1.54, 1.807) is 6.07 Å². The first-order valence-corrected chi connectivity index (χ1v) is 6.88. The minimum atomic E-state index is -0.0879. The fraction of sp³-hybridized carbons (Fsp3) is 0.438. The largest absolute Gasteiger partial charge is 0.370 e. The van der Waals surface area contributed by atoms with Gasteiger partial charge in [-0.3, -0.25) is 9.59 Å². The Hall–Kier alpha value is -1.97. The van der Waals surface area contributed by atoms with Crippen molar-refractivity contribution >= 4 is 23.5 Å². The summed E-state index contributed by atoms with van der Waals surface area (Å²) >= 11 is 0. The monoisotopic (exact) mass is 273 g/mol. The van der Waals surface area contributed by atoms with Crippen LogP contribution in [0.3, 0.4) is 0 Å². The number of anilines is 1. The molecule has 1 aromatic rings. The number of carbonyl (C=O) groups excluding carboxylic acids is 3. The van der Waals surface area contributed by atoms with E-state index in [-0.39, 0.29) is 11.6 Å². The highest BCUT2D eigenvalue weighted by molar-refractivity contribution is 6.10. The number of Topliss-reactive ketones (excluding diaryl/α,β-unsaturated/α-hetero) is 2. The Morgan fingerprint density at radius 2 is 1.95 bits per heavy atom. The van der Waals surface area contributed by atoms with Crippen molar-refractivity contribution < 1.29 is 14.4 Å². The van der Waals surface area contributed by atoms with Gasteiger partial charge in [0.25, 0.3) is 0 Å². The lowest BCUT2D eigenvalue weighted by molar-refractivity contribution is -0.108. The van der Waals surface area contributed by atoms with Gasteiger partial charge in [0.1, 0.15) is 6.29 Å². The topological polar surface area (TPSA) is 54.5 Å². The molecule has 0 amide bonds. The molecule has 1 aliphatic heterocycles. The number of benzene rings is 1. The van der Waals surface area contributed by atoms with E-state index >= 15 is 0 Å². The van der Waals surface area contributed by atoms with Gasteiger partial charge in [-0.15, -0.1) is 0 Å². The molecular weight excluding hydrogens is 254 g/mol. The Labute approximate surface area is 118 Å². The maximum atomic E-state index is 11.9. The normalized spacial score (nSPS) is 14.8. The van der Waals surface area contributed by atoms with Crippen molar-refractivity contribution in [2.75, 3.05) is 18.0 Å². The van der Waals surface area contributed by atoms with Gasteiger partial charge in [-0.2, -0.15) is 0 Å². The summed E-state index contributed by atoms with van der Waals surface area (Å²) in [5.74, 6) is 0.332. The second-order valence-corrected chi connectivity index (χ2v) is 5.33. The van der Waals surface area contributed by atoms with Crippen molar-refractivity contribution in [2.24, 2.45) is 5.92 Å². The summed E-state index contributed by atoms with van der Waals surface area (Å²) in [6.07, 6.45) is 2.42. The summed E-state index contributed by atoms with van der Waals surface area (Å²) < 4.78 is 0. The van der Waals surface area contributed by atoms with Crippen molar-refractivity contribution in [1.82, 2.24) is 0 Å². The molecule has 0 aromatic heterocycles. The molecule has 1 fully saturated rings. The molecule has 0 unspecified atom stereocenters. The maximum Gasteiger partial charge on any atom is 0.162 e. The lowest BCUT2D eigenvalue weighted by atomic mass is 9.91. The molecule has 1 aliphatic rings. The van der Waals surface area contributed by atoms with Crippen LogP contribution in [0, 0.1) is 5.92 Å². The standard InChI is InChI=1S/C16H19NO3/c1-11(19)14-6-3-7-15(16(14)12(2)20)17-9-13(10-17)5-4-8-18/h3,6-8,13H,4-5,9-10H2,1-2H3. The zero-order valence-electron chi connectivity index (χ0n) is 11.9. The average molecular weight is 273 g/mol. The van der Waals surface area contributed by atoms with Gasteiger partial charge < -0.3 is 9.69 Å². The number of hydrogen-bond donors (Lipinski definition) is 0. The Bertz CT molecular complexity index is 545. The maximum absolute atomic E-state index is 11.9. The van der Waals surface area contributed by atoms with Gasteiger partial charge in [0, 0.05) is 30.8 Å². The lowest BCUT2D eigenvalue weighted by Crippen LogP contribution is -2.47. The minimum Gasteiger partial charge on any atom is -0.370 e. The molecule has 1 heterocycles. The highest BCUT2D eigenvalue weighted by atomic mass is 16.1. The van der Waals surface area contributed by atoms with Gasteiger partial charge in [-0.05, 0) is 32.3 Å². The number of aldehydes is 1. The second-order valence-electron chi connectivity index (χ2n) is 5.33. The Morgan fingerprint density at radius 1 is 1.25 bits per heavy atom. The minimum absolute atomic E-state index is 0.0814. The van der Waals surface area contributed by atoms with Crippen molar-refractivity contribution in [3.05, 3.63) is 29.3 Å². The third-order valence-electron chi connectivity index (χ3n) is 3.76. The SMILES string of the molecule is CC(=O)c1cccc(N2CC(CCC=O)C2)c1C(C)=O. The van der Waals surface area contributed by atoms with E-state index in [9.17, 15) is 14.4 Å². The second kappa shape index (κ2) is 5.99. The van der Waals surface area contributed by atoms with Crippen LogP contribution in [0.5, 0.6) is 0 Å². The molecule has 0 N–H and O–H groups in total. The molecule has 0 saturated carbocycles. The molecular formula is C16H19NO3. The van der Waals surface area contributed by atoms with Crippen molar-refractivity contribution in [1.29, 1.82) is 0 Å². The molecule has 0 bridgehead atoms. The molecule has 20 heavy (non-hydrogen) atoms. The van der Waals surface area contributed by atoms with Crippen LogP contribution in [0.1, 0.15) is 47.4 Å². The fourth-order valence-electron chi connectivity index (χ4n) is 2.72. The van der Waals surface area contributed by atoms with Gasteiger partial charge in [0.15, 0.2) is 11.6 Å². The molecule has 0 radical (unpaired) electrons. The Balaban J connectivity index is 2.21. The summed E-state index contributed by atoms with van der Waals surface area (Å²) in [5, 5.41) is 0. The van der Waals surface area contributed by atoms with E-state index in [0.717, 1.165) is 31.5 Å². The summed E-state index contributed by atoms with van der Waals surface area (Å²) in [5.41, 5.74) is 1.85. The summed E-state index contributed by atoms with van der Waals surface area (Å²) in [6.45, 7) is 4.66. The first-order chi connectivity index (χ1) is 9.54. The van der Waals surface area contributed by atoms with E-state index in [4.69, 9.17) is 0 Å². The summed E-state index contributed by atoms with van der Waals surface area (Å²) in [6, 6.07) is 5.41. The summed E-state index contributed by atoms with van der Waals surface area (Å²) in [4.78, 5) is 36.0. The zero-order chi connectivity index (χ0) is 14.7. The van der Waals surface area contributed by atoms with Crippen LogP contribution in [0.15, 0.2) is 18.2 Å². The van der Waals surface area contributed by atoms with Crippen molar-refractivity contribution in [2.45, 2.75) is 26.7 Å². The molecule has 106 valence electrons. The van der Waals surface area contributed by atoms with Crippen molar-refractivity contribution in [3.63, 3.8) is 0 Å². The predicted molar refractivity (Wildman–Crippen MR) is 77.5 cm³/mol. The van der Waals surface area contributed by atoms with Gasteiger partial charge in [0.2, 0.25) is 0 Å². The molecule has 0 aliphatic carbocycles. The van der Waals surface area contributed by atoms with Crippen LogP contribution in [0.2, 0.25) is 0 Å². The fourth-order valence-corrected chi connectivity index (χ4v) is 2.72. The average Bonchev–Trinajstić information content (AvgIpc) is 2.36. The van der Waals surface area contributed by atoms with Gasteiger partial charge in [-0.1, -0.05) is 12.1 Å². The Kier molecular flexibility index (Phi) is 4.32. The van der Waals surface area contributed by atoms with Crippen LogP contribution in [-0.2, 0) is 4.79 Å². The number of ketones is 2. The highest BCUT2D eigenvalue weighted by Crippen LogP contribution is 2.32. The number of carbonyl (C=O) groups is 3. The van der Waals surface area contributed by atoms with Crippen LogP contribution in [0.25, 0.3) is 0 Å². The number of rotatable bonds is 6. The third-order valence-corrected chi connectivity index (χ3v) is 3.76. The first-order valence-electron chi connectivity index (χ1n) is 6.88. The van der Waals surface area contributed by atoms with Crippen molar-refractivity contribution in [3.8, 4) is 0 Å². The number of hydrogen-bond acceptors (Lipinski definition) is 4. The van der Waals surface area contributed by atoms with E-state index < -0.39 is 0 Å². The van der Waals surface area contributed by atoms with Gasteiger partial charge >= 0.3 is 0 Å². The van der Waals surface area contributed by atoms with E-state index in [2.05, 4.69) is 4.90 Å². The smallest absolute Gasteiger partial charge is 0.162 e. The number of nitrogens with zero attached hydrogens (tertiary/aromatic N) is 1. The van der Waals surface area contributed by atoms with E-state index in [1.807, 2.05) is 12.1 Å². The molecule has 0 spiro atoms. The zero-order valence-corrected chi connectivity index (χ0v) is 11.9. The molecule has 1 saturated heterocycles. The Morgan fingerprint density at radius 3 is 2.50 bits per heavy atom. The molecule has 4 nitrogen and oxygen atoms in total. The first kappa shape index (κ1) is 14.4. The quantitative estimate of drug-likeness (QED) is 0.590. The summed E-state index contributed by atoms with van der Waals surface area (Å²) in [7, 11) is 0. The third kappa shape index (κ3) is 2.79. The molecule has 0 atom stereocenters. The molecule has 1 aromatic carbocycles. The van der Waals surface area contributed by atoms with Gasteiger partial charge in [0.05, 0.1) is 5.56 Å². The van der Waals surface area contributed by atoms with Crippen LogP contribution >= 0.6 is 0 Å². The highest BCUT2D eigenvalue weighted by Gasteiger charge is 2.29. The predicted octanol–water partition coefficient (Wildman–Crippen LogP) is 2.51. The van der Waals surface area contributed by atoms with Crippen LogP contribution in [0.4, 0.5) is 5.69 Å².